The summed E-state index contributed by atoms with van der Waals surface area (Å²) in [6, 6.07) is 0. The molecule has 0 bridgehead atoms. The van der Waals surface area contributed by atoms with Gasteiger partial charge >= 0.3 is 0 Å². The van der Waals surface area contributed by atoms with Crippen LogP contribution in [0, 0.1) is 10.8 Å². The van der Waals surface area contributed by atoms with Crippen molar-refractivity contribution < 1.29 is 15.3 Å². The van der Waals surface area contributed by atoms with Crippen LogP contribution in [0.4, 0.5) is 0 Å². The van der Waals surface area contributed by atoms with Crippen LogP contribution in [0.3, 0.4) is 0 Å². The molecule has 1 atom stereocenters. The van der Waals surface area contributed by atoms with Gasteiger partial charge in [0.15, 0.2) is 0 Å². The van der Waals surface area contributed by atoms with E-state index in [-0.39, 0.29) is 6.10 Å². The second-order valence-corrected chi connectivity index (χ2v) is 6.70. The van der Waals surface area contributed by atoms with Crippen LogP contribution in [0.25, 0.3) is 0 Å². The van der Waals surface area contributed by atoms with Gasteiger partial charge < -0.3 is 15.3 Å². The third-order valence-electron chi connectivity index (χ3n) is 4.17. The van der Waals surface area contributed by atoms with E-state index >= 15 is 0 Å². The van der Waals surface area contributed by atoms with E-state index in [1.54, 1.807) is 19.1 Å². The van der Waals surface area contributed by atoms with Gasteiger partial charge in [0.1, 0.15) is 0 Å². The highest BCUT2D eigenvalue weighted by atomic mass is 16.3. The molecule has 0 radical (unpaired) electrons. The molecule has 1 aliphatic rings. The van der Waals surface area contributed by atoms with Crippen molar-refractivity contribution >= 4 is 0 Å². The molecule has 0 aromatic rings. The molecule has 0 spiro atoms. The predicted octanol–water partition coefficient (Wildman–Crippen LogP) is 1.86. The quantitative estimate of drug-likeness (QED) is 0.648. The Balaban J connectivity index is 3.15. The molecule has 1 fully saturated rings. The van der Waals surface area contributed by atoms with Crippen LogP contribution in [0.1, 0.15) is 47.5 Å². The minimum absolute atomic E-state index is 0.375. The van der Waals surface area contributed by atoms with Crippen molar-refractivity contribution in [2.24, 2.45) is 10.8 Å². The maximum Gasteiger partial charge on any atom is 0.0931 e. The van der Waals surface area contributed by atoms with Gasteiger partial charge in [-0.25, -0.2) is 0 Å². The molecule has 0 heterocycles. The molecule has 1 aliphatic carbocycles. The lowest BCUT2D eigenvalue weighted by Crippen LogP contribution is -2.59. The topological polar surface area (TPSA) is 60.7 Å². The summed E-state index contributed by atoms with van der Waals surface area (Å²) >= 11 is 0. The van der Waals surface area contributed by atoms with Crippen molar-refractivity contribution in [3.8, 4) is 0 Å². The number of rotatable bonds is 2. The fourth-order valence-electron chi connectivity index (χ4n) is 3.21. The normalized spacial score (nSPS) is 38.2. The molecule has 3 N–H and O–H groups in total. The third-order valence-corrected chi connectivity index (χ3v) is 4.17. The second kappa shape index (κ2) is 4.38. The summed E-state index contributed by atoms with van der Waals surface area (Å²) in [5.41, 5.74) is -1.85. The Labute approximate surface area is 104 Å². The standard InChI is InChI=1S/C14H26O3/c1-10(15)6-7-14(17)12(2,3)8-11(16)9-13(14,4)5/h6-7,10-11,15-17H,8-9H2,1-5H3/b7-6+/t10-,11?,14?/m1/s1. The largest absolute Gasteiger partial charge is 0.393 e. The molecule has 0 unspecified atom stereocenters. The van der Waals surface area contributed by atoms with Gasteiger partial charge in [0.2, 0.25) is 0 Å². The molecular formula is C14H26O3. The SMILES string of the molecule is C[C@@H](O)/C=C/C1(O)C(C)(C)CC(O)CC1(C)C. The minimum Gasteiger partial charge on any atom is -0.393 e. The zero-order chi connectivity index (χ0) is 13.5. The molecule has 0 aromatic carbocycles. The second-order valence-electron chi connectivity index (χ2n) is 6.70. The van der Waals surface area contributed by atoms with E-state index in [9.17, 15) is 15.3 Å². The van der Waals surface area contributed by atoms with E-state index in [2.05, 4.69) is 0 Å². The van der Waals surface area contributed by atoms with Crippen molar-refractivity contribution in [3.05, 3.63) is 12.2 Å². The van der Waals surface area contributed by atoms with Crippen LogP contribution < -0.4 is 0 Å². The van der Waals surface area contributed by atoms with Crippen LogP contribution in [0.15, 0.2) is 12.2 Å². The highest BCUT2D eigenvalue weighted by molar-refractivity contribution is 5.19. The highest BCUT2D eigenvalue weighted by Crippen LogP contribution is 2.54. The smallest absolute Gasteiger partial charge is 0.0931 e. The monoisotopic (exact) mass is 242 g/mol. The summed E-state index contributed by atoms with van der Waals surface area (Å²) in [7, 11) is 0. The van der Waals surface area contributed by atoms with E-state index in [0.29, 0.717) is 12.8 Å². The van der Waals surface area contributed by atoms with Crippen LogP contribution in [-0.4, -0.2) is 33.1 Å². The molecule has 17 heavy (non-hydrogen) atoms. The van der Waals surface area contributed by atoms with Crippen molar-refractivity contribution in [2.45, 2.75) is 65.3 Å². The van der Waals surface area contributed by atoms with Gasteiger partial charge in [-0.15, -0.1) is 0 Å². The maximum absolute atomic E-state index is 11.0. The van der Waals surface area contributed by atoms with Crippen LogP contribution in [0.5, 0.6) is 0 Å². The van der Waals surface area contributed by atoms with Crippen LogP contribution in [0.2, 0.25) is 0 Å². The van der Waals surface area contributed by atoms with E-state index in [1.165, 1.54) is 0 Å². The first kappa shape index (κ1) is 14.7. The predicted molar refractivity (Wildman–Crippen MR) is 68.6 cm³/mol. The van der Waals surface area contributed by atoms with Gasteiger partial charge in [0.25, 0.3) is 0 Å². The lowest BCUT2D eigenvalue weighted by molar-refractivity contribution is -0.170. The Hall–Kier alpha value is -0.380. The molecule has 100 valence electrons. The first-order chi connectivity index (χ1) is 7.52. The summed E-state index contributed by atoms with van der Waals surface area (Å²) in [5, 5.41) is 30.2. The molecule has 3 heteroatoms. The Morgan fingerprint density at radius 3 is 1.88 bits per heavy atom. The number of aliphatic hydroxyl groups is 3. The van der Waals surface area contributed by atoms with E-state index in [1.807, 2.05) is 27.7 Å². The molecular weight excluding hydrogens is 216 g/mol. The number of hydrogen-bond acceptors (Lipinski definition) is 3. The molecule has 1 rings (SSSR count). The molecule has 3 nitrogen and oxygen atoms in total. The maximum atomic E-state index is 11.0. The Morgan fingerprint density at radius 1 is 1.12 bits per heavy atom. The van der Waals surface area contributed by atoms with Gasteiger partial charge in [-0.1, -0.05) is 39.8 Å². The molecule has 0 saturated heterocycles. The van der Waals surface area contributed by atoms with E-state index in [0.717, 1.165) is 0 Å². The summed E-state index contributed by atoms with van der Waals surface area (Å²) in [6.45, 7) is 9.51. The van der Waals surface area contributed by atoms with Crippen molar-refractivity contribution in [2.75, 3.05) is 0 Å². The summed E-state index contributed by atoms with van der Waals surface area (Å²) in [6.07, 6.45) is 3.52. The van der Waals surface area contributed by atoms with Crippen LogP contribution >= 0.6 is 0 Å². The lowest BCUT2D eigenvalue weighted by Gasteiger charge is -2.56. The molecule has 0 aromatic heterocycles. The molecule has 1 saturated carbocycles. The first-order valence-electron chi connectivity index (χ1n) is 6.30. The number of hydrogen-bond donors (Lipinski definition) is 3. The van der Waals surface area contributed by atoms with Gasteiger partial charge in [-0.3, -0.25) is 0 Å². The van der Waals surface area contributed by atoms with E-state index in [4.69, 9.17) is 0 Å². The van der Waals surface area contributed by atoms with Crippen molar-refractivity contribution in [3.63, 3.8) is 0 Å². The Bertz CT molecular complexity index is 285. The molecule has 0 aliphatic heterocycles. The summed E-state index contributed by atoms with van der Waals surface area (Å²) in [4.78, 5) is 0. The third kappa shape index (κ3) is 2.56. The Morgan fingerprint density at radius 2 is 1.53 bits per heavy atom. The summed E-state index contributed by atoms with van der Waals surface area (Å²) in [5.74, 6) is 0. The average Bonchev–Trinajstić information content (AvgIpc) is 2.09. The molecule has 0 amide bonds. The van der Waals surface area contributed by atoms with Crippen molar-refractivity contribution in [1.82, 2.24) is 0 Å². The highest BCUT2D eigenvalue weighted by Gasteiger charge is 2.56. The van der Waals surface area contributed by atoms with E-state index < -0.39 is 22.5 Å². The van der Waals surface area contributed by atoms with Crippen molar-refractivity contribution in [1.29, 1.82) is 0 Å². The summed E-state index contributed by atoms with van der Waals surface area (Å²) < 4.78 is 0. The van der Waals surface area contributed by atoms with Gasteiger partial charge in [0.05, 0.1) is 17.8 Å². The zero-order valence-corrected chi connectivity index (χ0v) is 11.6. The van der Waals surface area contributed by atoms with Gasteiger partial charge in [0, 0.05) is 10.8 Å². The average molecular weight is 242 g/mol. The lowest BCUT2D eigenvalue weighted by atomic mass is 9.53. The Kier molecular flexibility index (Phi) is 3.78. The zero-order valence-electron chi connectivity index (χ0n) is 11.6. The number of aliphatic hydroxyl groups excluding tert-OH is 2. The fourth-order valence-corrected chi connectivity index (χ4v) is 3.21. The van der Waals surface area contributed by atoms with Gasteiger partial charge in [-0.2, -0.15) is 0 Å². The van der Waals surface area contributed by atoms with Crippen LogP contribution in [-0.2, 0) is 0 Å². The fraction of sp³-hybridized carbons (Fsp3) is 0.857. The first-order valence-corrected chi connectivity index (χ1v) is 6.30. The minimum atomic E-state index is -1.02. The van der Waals surface area contributed by atoms with Gasteiger partial charge in [-0.05, 0) is 19.8 Å².